The van der Waals surface area contributed by atoms with E-state index in [-0.39, 0.29) is 0 Å². The fourth-order valence-electron chi connectivity index (χ4n) is 1.56. The third-order valence-electron chi connectivity index (χ3n) is 2.27. The average molecular weight is 226 g/mol. The summed E-state index contributed by atoms with van der Waals surface area (Å²) in [4.78, 5) is 5.00. The number of aromatic nitrogens is 3. The third kappa shape index (κ3) is 1.28. The number of benzene rings is 1. The Hall–Kier alpha value is -2.19. The highest BCUT2D eigenvalue weighted by atomic mass is 32.1. The van der Waals surface area contributed by atoms with Gasteiger partial charge in [-0.25, -0.2) is 4.98 Å². The molecule has 1 aromatic carbocycles. The highest BCUT2D eigenvalue weighted by Gasteiger charge is 2.12. The number of H-pyrrole nitrogens is 1. The van der Waals surface area contributed by atoms with Crippen LogP contribution in [0.5, 0.6) is 0 Å². The van der Waals surface area contributed by atoms with E-state index in [9.17, 15) is 0 Å². The summed E-state index contributed by atoms with van der Waals surface area (Å²) in [7, 11) is 0. The lowest BCUT2D eigenvalue weighted by atomic mass is 10.1. The SMILES string of the molecule is N#Cc1nc2c(-c3ccccc3)[nH]nc2s1. The van der Waals surface area contributed by atoms with Crippen LogP contribution < -0.4 is 0 Å². The van der Waals surface area contributed by atoms with Gasteiger partial charge in [-0.2, -0.15) is 10.4 Å². The summed E-state index contributed by atoms with van der Waals surface area (Å²) < 4.78 is 0. The summed E-state index contributed by atoms with van der Waals surface area (Å²) in [5, 5.41) is 16.3. The summed E-state index contributed by atoms with van der Waals surface area (Å²) in [6.45, 7) is 0. The Balaban J connectivity index is 2.25. The van der Waals surface area contributed by atoms with Crippen LogP contribution in [-0.2, 0) is 0 Å². The second-order valence-electron chi connectivity index (χ2n) is 3.25. The molecule has 0 amide bonds. The fraction of sp³-hybridized carbons (Fsp3) is 0. The van der Waals surface area contributed by atoms with Crippen LogP contribution in [-0.4, -0.2) is 15.2 Å². The van der Waals surface area contributed by atoms with Crippen molar-refractivity contribution in [3.63, 3.8) is 0 Å². The molecular formula is C11H6N4S. The maximum atomic E-state index is 8.78. The highest BCUT2D eigenvalue weighted by molar-refractivity contribution is 7.18. The van der Waals surface area contributed by atoms with Crippen LogP contribution in [0.3, 0.4) is 0 Å². The molecule has 5 heteroatoms. The summed E-state index contributed by atoms with van der Waals surface area (Å²) in [5.74, 6) is 0. The molecule has 0 saturated heterocycles. The molecule has 0 unspecified atom stereocenters. The number of thiazole rings is 1. The molecule has 0 bridgehead atoms. The quantitative estimate of drug-likeness (QED) is 0.693. The zero-order valence-electron chi connectivity index (χ0n) is 8.14. The molecule has 0 fully saturated rings. The minimum absolute atomic E-state index is 0.448. The lowest BCUT2D eigenvalue weighted by Crippen LogP contribution is -1.79. The number of rotatable bonds is 1. The number of aromatic amines is 1. The molecule has 2 aromatic heterocycles. The molecule has 0 atom stereocenters. The lowest BCUT2D eigenvalue weighted by molar-refractivity contribution is 1.13. The van der Waals surface area contributed by atoms with Gasteiger partial charge in [0.2, 0.25) is 0 Å². The van der Waals surface area contributed by atoms with Gasteiger partial charge in [-0.05, 0) is 0 Å². The molecule has 4 nitrogen and oxygen atoms in total. The molecule has 0 radical (unpaired) electrons. The smallest absolute Gasteiger partial charge is 0.197 e. The average Bonchev–Trinajstić information content (AvgIpc) is 2.88. The predicted molar refractivity (Wildman–Crippen MR) is 61.9 cm³/mol. The lowest BCUT2D eigenvalue weighted by Gasteiger charge is -1.94. The summed E-state index contributed by atoms with van der Waals surface area (Å²) in [5.41, 5.74) is 2.67. The minimum Gasteiger partial charge on any atom is -0.274 e. The molecule has 3 aromatic rings. The van der Waals surface area contributed by atoms with Gasteiger partial charge in [-0.15, -0.1) is 0 Å². The molecule has 0 aliphatic carbocycles. The zero-order valence-corrected chi connectivity index (χ0v) is 8.95. The Bertz CT molecular complexity index is 675. The maximum absolute atomic E-state index is 8.78. The van der Waals surface area contributed by atoms with Crippen LogP contribution in [0.2, 0.25) is 0 Å². The largest absolute Gasteiger partial charge is 0.274 e. The van der Waals surface area contributed by atoms with Crippen LogP contribution in [0, 0.1) is 11.3 Å². The van der Waals surface area contributed by atoms with Crippen molar-refractivity contribution in [3.05, 3.63) is 35.3 Å². The van der Waals surface area contributed by atoms with Gasteiger partial charge >= 0.3 is 0 Å². The third-order valence-corrected chi connectivity index (χ3v) is 3.13. The first-order valence-electron chi connectivity index (χ1n) is 4.69. The molecule has 0 aliphatic rings. The first kappa shape index (κ1) is 9.07. The molecule has 76 valence electrons. The van der Waals surface area contributed by atoms with Crippen molar-refractivity contribution in [1.29, 1.82) is 5.26 Å². The van der Waals surface area contributed by atoms with Gasteiger partial charge in [0.1, 0.15) is 11.6 Å². The van der Waals surface area contributed by atoms with Crippen LogP contribution in [0.1, 0.15) is 5.01 Å². The van der Waals surface area contributed by atoms with Gasteiger partial charge in [0.25, 0.3) is 0 Å². The number of fused-ring (bicyclic) bond motifs is 1. The highest BCUT2D eigenvalue weighted by Crippen LogP contribution is 2.28. The number of hydrogen-bond acceptors (Lipinski definition) is 4. The van der Waals surface area contributed by atoms with Crippen LogP contribution in [0.4, 0.5) is 0 Å². The van der Waals surface area contributed by atoms with Gasteiger partial charge in [0, 0.05) is 5.56 Å². The molecule has 3 rings (SSSR count). The van der Waals surface area contributed by atoms with Gasteiger partial charge in [0.15, 0.2) is 9.84 Å². The first-order valence-corrected chi connectivity index (χ1v) is 5.50. The zero-order chi connectivity index (χ0) is 11.0. The Morgan fingerprint density at radius 3 is 2.81 bits per heavy atom. The Kier molecular flexibility index (Phi) is 1.95. The van der Waals surface area contributed by atoms with Crippen molar-refractivity contribution < 1.29 is 0 Å². The van der Waals surface area contributed by atoms with E-state index in [1.54, 1.807) is 0 Å². The van der Waals surface area contributed by atoms with Crippen LogP contribution in [0.15, 0.2) is 30.3 Å². The van der Waals surface area contributed by atoms with E-state index in [1.807, 2.05) is 36.4 Å². The first-order chi connectivity index (χ1) is 7.88. The molecule has 16 heavy (non-hydrogen) atoms. The van der Waals surface area contributed by atoms with E-state index in [4.69, 9.17) is 5.26 Å². The number of nitrogens with one attached hydrogen (secondary N) is 1. The monoisotopic (exact) mass is 226 g/mol. The summed E-state index contributed by atoms with van der Waals surface area (Å²) in [6.07, 6.45) is 0. The van der Waals surface area contributed by atoms with E-state index in [0.29, 0.717) is 5.01 Å². The topological polar surface area (TPSA) is 65.4 Å². The molecule has 0 aliphatic heterocycles. The van der Waals surface area contributed by atoms with E-state index in [0.717, 1.165) is 21.6 Å². The maximum Gasteiger partial charge on any atom is 0.197 e. The van der Waals surface area contributed by atoms with Gasteiger partial charge in [-0.1, -0.05) is 41.7 Å². The van der Waals surface area contributed by atoms with Crippen molar-refractivity contribution in [1.82, 2.24) is 15.2 Å². The Labute approximate surface area is 95.2 Å². The normalized spacial score (nSPS) is 10.4. The van der Waals surface area contributed by atoms with E-state index in [2.05, 4.69) is 15.2 Å². The summed E-state index contributed by atoms with van der Waals surface area (Å²) in [6, 6.07) is 11.9. The van der Waals surface area contributed by atoms with E-state index in [1.165, 1.54) is 11.3 Å². The van der Waals surface area contributed by atoms with Crippen molar-refractivity contribution in [2.24, 2.45) is 0 Å². The van der Waals surface area contributed by atoms with Crippen LogP contribution in [0.25, 0.3) is 21.6 Å². The standard InChI is InChI=1S/C11H6N4S/c12-6-8-13-10-9(14-15-11(10)16-8)7-4-2-1-3-5-7/h1-5H,(H,14,15). The van der Waals surface area contributed by atoms with Gasteiger partial charge in [0.05, 0.1) is 5.69 Å². The van der Waals surface area contributed by atoms with Gasteiger partial charge in [-0.3, -0.25) is 5.10 Å². The molecule has 2 heterocycles. The van der Waals surface area contributed by atoms with E-state index >= 15 is 0 Å². The minimum atomic E-state index is 0.448. The Morgan fingerprint density at radius 1 is 1.25 bits per heavy atom. The predicted octanol–water partition coefficient (Wildman–Crippen LogP) is 2.56. The number of nitrogens with zero attached hydrogens (tertiary/aromatic N) is 3. The molecular weight excluding hydrogens is 220 g/mol. The fourth-order valence-corrected chi connectivity index (χ4v) is 2.27. The number of nitriles is 1. The molecule has 0 saturated carbocycles. The van der Waals surface area contributed by atoms with Crippen molar-refractivity contribution in [2.45, 2.75) is 0 Å². The van der Waals surface area contributed by atoms with Crippen molar-refractivity contribution >= 4 is 21.7 Å². The number of hydrogen-bond donors (Lipinski definition) is 1. The van der Waals surface area contributed by atoms with E-state index < -0.39 is 0 Å². The van der Waals surface area contributed by atoms with Crippen LogP contribution >= 0.6 is 11.3 Å². The summed E-state index contributed by atoms with van der Waals surface area (Å²) >= 11 is 1.30. The van der Waals surface area contributed by atoms with Crippen molar-refractivity contribution in [3.8, 4) is 17.3 Å². The molecule has 0 spiro atoms. The Morgan fingerprint density at radius 2 is 2.06 bits per heavy atom. The molecule has 1 N–H and O–H groups in total. The second-order valence-corrected chi connectivity index (χ2v) is 4.23. The van der Waals surface area contributed by atoms with Crippen molar-refractivity contribution in [2.75, 3.05) is 0 Å². The second kappa shape index (κ2) is 3.43. The van der Waals surface area contributed by atoms with Gasteiger partial charge < -0.3 is 0 Å².